The Morgan fingerprint density at radius 1 is 1.11 bits per heavy atom. The van der Waals surface area contributed by atoms with Crippen LogP contribution in [0.1, 0.15) is 5.56 Å². The minimum absolute atomic E-state index is 0.200. The summed E-state index contributed by atoms with van der Waals surface area (Å²) < 4.78 is 2.43. The molecule has 4 aromatic rings. The normalized spacial score (nSPS) is 12.0. The Balaban J connectivity index is 1.75. The van der Waals surface area contributed by atoms with E-state index in [4.69, 9.17) is 0 Å². The molecule has 0 aliphatic heterocycles. The zero-order valence-electron chi connectivity index (χ0n) is 14.4. The van der Waals surface area contributed by atoms with Gasteiger partial charge in [-0.1, -0.05) is 22.5 Å². The Labute approximate surface area is 161 Å². The molecule has 8 heteroatoms. The van der Waals surface area contributed by atoms with Crippen LogP contribution in [0.2, 0.25) is 0 Å². The first-order valence-electron chi connectivity index (χ1n) is 8.18. The number of aryl methyl sites for hydroxylation is 1. The largest absolute Gasteiger partial charge is 0.361 e. The van der Waals surface area contributed by atoms with Crippen molar-refractivity contribution in [2.45, 2.75) is 6.92 Å². The van der Waals surface area contributed by atoms with E-state index in [1.54, 1.807) is 18.3 Å². The molecule has 2 heterocycles. The summed E-state index contributed by atoms with van der Waals surface area (Å²) >= 11 is 3.43. The van der Waals surface area contributed by atoms with Crippen LogP contribution < -0.4 is 27.1 Å². The van der Waals surface area contributed by atoms with Crippen LogP contribution in [0, 0.1) is 6.92 Å². The van der Waals surface area contributed by atoms with Gasteiger partial charge < -0.3 is 15.3 Å². The van der Waals surface area contributed by atoms with Gasteiger partial charge in [0.05, 0.1) is 27.3 Å². The molecule has 0 radical (unpaired) electrons. The van der Waals surface area contributed by atoms with Gasteiger partial charge in [-0.2, -0.15) is 0 Å². The quantitative estimate of drug-likeness (QED) is 0.401. The van der Waals surface area contributed by atoms with Crippen LogP contribution in [-0.4, -0.2) is 19.7 Å². The Hall–Kier alpha value is -3.26. The van der Waals surface area contributed by atoms with E-state index in [1.807, 2.05) is 31.2 Å². The minimum Gasteiger partial charge on any atom is -0.361 e. The number of halogens is 1. The maximum atomic E-state index is 12.8. The predicted octanol–water partition coefficient (Wildman–Crippen LogP) is 1.67. The summed E-state index contributed by atoms with van der Waals surface area (Å²) in [5, 5.41) is 7.04. The first-order valence-corrected chi connectivity index (χ1v) is 8.97. The molecular weight excluding hydrogens is 410 g/mol. The molecule has 0 bridgehead atoms. The van der Waals surface area contributed by atoms with E-state index >= 15 is 0 Å². The maximum Gasteiger partial charge on any atom is 0.323 e. The van der Waals surface area contributed by atoms with Crippen LogP contribution in [0.5, 0.6) is 0 Å². The zero-order valence-corrected chi connectivity index (χ0v) is 16.0. The van der Waals surface area contributed by atoms with Crippen molar-refractivity contribution in [1.82, 2.24) is 19.7 Å². The van der Waals surface area contributed by atoms with Crippen LogP contribution >= 0.6 is 15.9 Å². The fourth-order valence-electron chi connectivity index (χ4n) is 2.96. The lowest BCUT2D eigenvalue weighted by molar-refractivity contribution is 0.831. The summed E-state index contributed by atoms with van der Waals surface area (Å²) in [7, 11) is 0. The topological polar surface area (TPSA) is 98.5 Å². The summed E-state index contributed by atoms with van der Waals surface area (Å²) in [6, 6.07) is 11.1. The monoisotopic (exact) mass is 425 g/mol. The van der Waals surface area contributed by atoms with E-state index in [2.05, 4.69) is 42.9 Å². The second-order valence-electron chi connectivity index (χ2n) is 6.20. The second-order valence-corrected chi connectivity index (χ2v) is 7.12. The van der Waals surface area contributed by atoms with Gasteiger partial charge in [0, 0.05) is 16.4 Å². The first kappa shape index (κ1) is 17.2. The standard InChI is InChI=1S/C19H16BrN5O2/c1-10-7-12(20)3-6-17(10)25-18(26)14(11(2)24-25)9-21-13-4-5-15-16(8-13)23-19(27)22-15/h3-9,21,24H,2H2,1H3,(H2,22,23,27). The molecule has 4 N–H and O–H groups in total. The third kappa shape index (κ3) is 3.15. The van der Waals surface area contributed by atoms with Gasteiger partial charge in [-0.25, -0.2) is 9.48 Å². The fraction of sp³-hybridized carbons (Fsp3) is 0.0526. The fourth-order valence-corrected chi connectivity index (χ4v) is 3.44. The highest BCUT2D eigenvalue weighted by Crippen LogP contribution is 2.17. The van der Waals surface area contributed by atoms with Gasteiger partial charge >= 0.3 is 5.69 Å². The molecule has 0 aliphatic rings. The van der Waals surface area contributed by atoms with E-state index in [-0.39, 0.29) is 11.2 Å². The Bertz CT molecular complexity index is 1390. The molecule has 136 valence electrons. The van der Waals surface area contributed by atoms with Crippen LogP contribution in [0.25, 0.3) is 29.5 Å². The highest BCUT2D eigenvalue weighted by molar-refractivity contribution is 9.10. The van der Waals surface area contributed by atoms with Gasteiger partial charge in [-0.15, -0.1) is 0 Å². The molecule has 0 fully saturated rings. The van der Waals surface area contributed by atoms with E-state index < -0.39 is 0 Å². The van der Waals surface area contributed by atoms with Crippen LogP contribution in [0.4, 0.5) is 5.69 Å². The Morgan fingerprint density at radius 3 is 2.67 bits per heavy atom. The lowest BCUT2D eigenvalue weighted by Crippen LogP contribution is -2.34. The number of imidazole rings is 1. The van der Waals surface area contributed by atoms with E-state index in [0.29, 0.717) is 16.1 Å². The van der Waals surface area contributed by atoms with Crippen molar-refractivity contribution in [3.63, 3.8) is 0 Å². The van der Waals surface area contributed by atoms with Gasteiger partial charge in [0.1, 0.15) is 0 Å². The molecule has 4 rings (SSSR count). The Kier molecular flexibility index (Phi) is 4.12. The number of H-pyrrole nitrogens is 3. The SMILES string of the molecule is C=c1[nH]n(-c2ccc(Br)cc2C)c(=O)c1=CNc1ccc2[nH]c(=O)[nH]c2c1. The number of hydrogen-bond donors (Lipinski definition) is 4. The molecule has 0 saturated carbocycles. The number of aromatic amines is 3. The van der Waals surface area contributed by atoms with Crippen molar-refractivity contribution >= 4 is 45.4 Å². The van der Waals surface area contributed by atoms with Gasteiger partial charge in [0.25, 0.3) is 5.56 Å². The van der Waals surface area contributed by atoms with Crippen LogP contribution in [-0.2, 0) is 0 Å². The number of rotatable bonds is 3. The zero-order chi connectivity index (χ0) is 19.1. The predicted molar refractivity (Wildman–Crippen MR) is 111 cm³/mol. The molecule has 2 aromatic carbocycles. The number of hydrogen-bond acceptors (Lipinski definition) is 3. The molecule has 0 unspecified atom stereocenters. The van der Waals surface area contributed by atoms with E-state index in [9.17, 15) is 9.59 Å². The number of fused-ring (bicyclic) bond motifs is 1. The highest BCUT2D eigenvalue weighted by Gasteiger charge is 2.08. The van der Waals surface area contributed by atoms with Crippen molar-refractivity contribution in [2.24, 2.45) is 0 Å². The van der Waals surface area contributed by atoms with Crippen molar-refractivity contribution in [3.05, 3.63) is 77.8 Å². The van der Waals surface area contributed by atoms with Gasteiger partial charge in [0.15, 0.2) is 0 Å². The smallest absolute Gasteiger partial charge is 0.323 e. The van der Waals surface area contributed by atoms with Crippen LogP contribution in [0.3, 0.4) is 0 Å². The number of aromatic nitrogens is 4. The molecule has 0 amide bonds. The highest BCUT2D eigenvalue weighted by atomic mass is 79.9. The Morgan fingerprint density at radius 2 is 1.89 bits per heavy atom. The molecule has 0 spiro atoms. The van der Waals surface area contributed by atoms with Crippen molar-refractivity contribution in [3.8, 4) is 5.69 Å². The summed E-state index contributed by atoms with van der Waals surface area (Å²) in [4.78, 5) is 29.6. The van der Waals surface area contributed by atoms with Crippen molar-refractivity contribution in [1.29, 1.82) is 0 Å². The number of nitrogens with one attached hydrogen (secondary N) is 4. The number of benzene rings is 2. The second kappa shape index (κ2) is 6.48. The average molecular weight is 426 g/mol. The van der Waals surface area contributed by atoms with Gasteiger partial charge in [0.2, 0.25) is 0 Å². The lowest BCUT2D eigenvalue weighted by Gasteiger charge is -2.05. The maximum absolute atomic E-state index is 12.8. The molecular formula is C19H16BrN5O2. The molecule has 27 heavy (non-hydrogen) atoms. The third-order valence-electron chi connectivity index (χ3n) is 4.30. The van der Waals surface area contributed by atoms with E-state index in [0.717, 1.165) is 26.9 Å². The molecule has 7 nitrogen and oxygen atoms in total. The minimum atomic E-state index is -0.260. The summed E-state index contributed by atoms with van der Waals surface area (Å²) in [5.41, 5.74) is 3.40. The number of nitrogens with zero attached hydrogens (tertiary/aromatic N) is 1. The van der Waals surface area contributed by atoms with Crippen molar-refractivity contribution < 1.29 is 0 Å². The van der Waals surface area contributed by atoms with E-state index in [1.165, 1.54) is 4.68 Å². The average Bonchev–Trinajstić information content (AvgIpc) is 3.11. The molecule has 2 aromatic heterocycles. The third-order valence-corrected chi connectivity index (χ3v) is 4.80. The van der Waals surface area contributed by atoms with Crippen molar-refractivity contribution in [2.75, 3.05) is 5.32 Å². The summed E-state index contributed by atoms with van der Waals surface area (Å²) in [5.74, 6) is 0. The summed E-state index contributed by atoms with van der Waals surface area (Å²) in [6.45, 7) is 5.87. The van der Waals surface area contributed by atoms with Gasteiger partial charge in [-0.05, 0) is 48.9 Å². The number of anilines is 1. The molecule has 0 atom stereocenters. The lowest BCUT2D eigenvalue weighted by atomic mass is 10.2. The summed E-state index contributed by atoms with van der Waals surface area (Å²) in [6.07, 6.45) is 1.61. The molecule has 0 saturated heterocycles. The first-order chi connectivity index (χ1) is 12.9. The van der Waals surface area contributed by atoms with Crippen LogP contribution in [0.15, 0.2) is 50.5 Å². The molecule has 0 aliphatic carbocycles. The van der Waals surface area contributed by atoms with Gasteiger partial charge in [-0.3, -0.25) is 9.89 Å².